The number of hydrogen-bond acceptors (Lipinski definition) is 7. The summed E-state index contributed by atoms with van der Waals surface area (Å²) in [6, 6.07) is 15.8. The molecule has 0 saturated carbocycles. The highest BCUT2D eigenvalue weighted by Crippen LogP contribution is 2.52. The number of non-ortho nitro benzene ring substituents is 1. The third-order valence-electron chi connectivity index (χ3n) is 8.29. The van der Waals surface area contributed by atoms with E-state index in [1.54, 1.807) is 11.0 Å². The van der Waals surface area contributed by atoms with Crippen molar-refractivity contribution in [1.82, 2.24) is 0 Å². The lowest BCUT2D eigenvalue weighted by atomic mass is 9.68. The average Bonchev–Trinajstić information content (AvgIpc) is 2.93. The Bertz CT molecular complexity index is 1840. The van der Waals surface area contributed by atoms with Gasteiger partial charge < -0.3 is 10.5 Å². The van der Waals surface area contributed by atoms with Gasteiger partial charge in [-0.05, 0) is 79.1 Å². The van der Waals surface area contributed by atoms with Crippen molar-refractivity contribution < 1.29 is 14.5 Å². The van der Waals surface area contributed by atoms with Crippen LogP contribution in [-0.4, -0.2) is 10.7 Å². The summed E-state index contributed by atoms with van der Waals surface area (Å²) in [5.41, 5.74) is 12.0. The molecule has 0 aromatic heterocycles. The van der Waals surface area contributed by atoms with Crippen LogP contribution in [0.25, 0.3) is 0 Å². The number of ketones is 1. The van der Waals surface area contributed by atoms with Crippen LogP contribution >= 0.6 is 23.2 Å². The zero-order valence-electron chi connectivity index (χ0n) is 25.1. The number of nitriles is 1. The molecule has 0 saturated heterocycles. The van der Waals surface area contributed by atoms with E-state index in [0.29, 0.717) is 28.5 Å². The third kappa shape index (κ3) is 5.66. The molecule has 1 heterocycles. The zero-order chi connectivity index (χ0) is 32.1. The number of hydrogen-bond donors (Lipinski definition) is 1. The maximum Gasteiger partial charge on any atom is 0.271 e. The lowest BCUT2D eigenvalue weighted by Crippen LogP contribution is -2.42. The summed E-state index contributed by atoms with van der Waals surface area (Å²) in [5, 5.41) is 23.1. The van der Waals surface area contributed by atoms with Crippen molar-refractivity contribution in [3.05, 3.63) is 119 Å². The van der Waals surface area contributed by atoms with Gasteiger partial charge >= 0.3 is 0 Å². The molecule has 1 aliphatic heterocycles. The predicted octanol–water partition coefficient (Wildman–Crippen LogP) is 8.35. The van der Waals surface area contributed by atoms with Crippen LogP contribution in [0.3, 0.4) is 0 Å². The van der Waals surface area contributed by atoms with Crippen molar-refractivity contribution in [2.75, 3.05) is 4.90 Å². The molecule has 2 N–H and O–H groups in total. The Hall–Kier alpha value is -4.32. The highest BCUT2D eigenvalue weighted by molar-refractivity contribution is 6.33. The van der Waals surface area contributed by atoms with E-state index in [1.165, 1.54) is 18.2 Å². The zero-order valence-corrected chi connectivity index (χ0v) is 26.6. The monoisotopic (exact) mass is 630 g/mol. The minimum absolute atomic E-state index is 0.0830. The van der Waals surface area contributed by atoms with Crippen LogP contribution in [-0.2, 0) is 11.4 Å². The number of Topliss-reactive ketones (excluding diaryl/α,β-unsaturated/α-hetero) is 1. The molecule has 0 fully saturated rings. The second kappa shape index (κ2) is 11.6. The minimum Gasteiger partial charge on any atom is -0.489 e. The molecular formula is C34H32Cl2N4O4. The Morgan fingerprint density at radius 2 is 1.84 bits per heavy atom. The quantitative estimate of drug-likeness (QED) is 0.214. The summed E-state index contributed by atoms with van der Waals surface area (Å²) in [7, 11) is 0. The van der Waals surface area contributed by atoms with Gasteiger partial charge in [0.05, 0.1) is 33.2 Å². The van der Waals surface area contributed by atoms with Gasteiger partial charge in [-0.15, -0.1) is 0 Å². The number of nitro benzene ring substituents is 1. The standard InChI is InChI=1S/C34H32Cl2N4O4/c1-18-10-21(17-44-30-9-6-22(35)12-19(30)2)20(3)24(11-18)31-25(16-37)33(38)39(27-13-23(40(42)43)7-8-26(27)36)28-14-34(4,5)15-29(41)32(28)31/h6-13,31H,14-15,17,38H2,1-5H3. The van der Waals surface area contributed by atoms with E-state index in [1.807, 2.05) is 58.9 Å². The number of nitrogens with two attached hydrogens (primary N) is 1. The Balaban J connectivity index is 1.70. The van der Waals surface area contributed by atoms with Crippen LogP contribution in [0.2, 0.25) is 10.0 Å². The summed E-state index contributed by atoms with van der Waals surface area (Å²) in [6.07, 6.45) is 0.716. The van der Waals surface area contributed by atoms with E-state index >= 15 is 0 Å². The molecular weight excluding hydrogens is 599 g/mol. The van der Waals surface area contributed by atoms with Crippen LogP contribution in [0.15, 0.2) is 71.2 Å². The molecule has 2 aliphatic rings. The van der Waals surface area contributed by atoms with Crippen molar-refractivity contribution in [2.24, 2.45) is 11.1 Å². The Labute approximate surface area is 266 Å². The Kier molecular flexibility index (Phi) is 8.23. The highest BCUT2D eigenvalue weighted by atomic mass is 35.5. The van der Waals surface area contributed by atoms with Crippen molar-refractivity contribution in [3.8, 4) is 11.8 Å². The molecule has 1 unspecified atom stereocenters. The molecule has 0 radical (unpaired) electrons. The largest absolute Gasteiger partial charge is 0.489 e. The number of nitrogens with zero attached hydrogens (tertiary/aromatic N) is 3. The minimum atomic E-state index is -0.733. The molecule has 0 amide bonds. The van der Waals surface area contributed by atoms with Gasteiger partial charge in [0.15, 0.2) is 5.78 Å². The average molecular weight is 632 g/mol. The second-order valence-electron chi connectivity index (χ2n) is 12.2. The number of carbonyl (C=O) groups is 1. The van der Waals surface area contributed by atoms with Gasteiger partial charge in [0.2, 0.25) is 0 Å². The van der Waals surface area contributed by atoms with E-state index in [0.717, 1.165) is 27.8 Å². The Morgan fingerprint density at radius 3 is 2.50 bits per heavy atom. The van der Waals surface area contributed by atoms with Crippen LogP contribution in [0.4, 0.5) is 11.4 Å². The normalized spacial score (nSPS) is 17.8. The number of aryl methyl sites for hydroxylation is 2. The number of halogens is 2. The summed E-state index contributed by atoms with van der Waals surface area (Å²) >= 11 is 12.7. The first-order valence-corrected chi connectivity index (χ1v) is 14.9. The number of nitro groups is 1. The fourth-order valence-corrected chi connectivity index (χ4v) is 6.65. The number of rotatable bonds is 6. The van der Waals surface area contributed by atoms with E-state index in [2.05, 4.69) is 6.07 Å². The van der Waals surface area contributed by atoms with Crippen molar-refractivity contribution in [3.63, 3.8) is 0 Å². The Morgan fingerprint density at radius 1 is 1.11 bits per heavy atom. The molecule has 44 heavy (non-hydrogen) atoms. The van der Waals surface area contributed by atoms with Gasteiger partial charge in [-0.2, -0.15) is 5.26 Å². The molecule has 5 rings (SSSR count). The van der Waals surface area contributed by atoms with Crippen LogP contribution < -0.4 is 15.4 Å². The van der Waals surface area contributed by atoms with Crippen LogP contribution in [0.5, 0.6) is 5.75 Å². The number of allylic oxidation sites excluding steroid dienone is 3. The molecule has 8 nitrogen and oxygen atoms in total. The van der Waals surface area contributed by atoms with Gasteiger partial charge in [0.25, 0.3) is 5.69 Å². The van der Waals surface area contributed by atoms with E-state index in [-0.39, 0.29) is 46.6 Å². The molecule has 3 aromatic rings. The van der Waals surface area contributed by atoms with E-state index in [9.17, 15) is 20.2 Å². The number of benzene rings is 3. The number of ether oxygens (including phenoxy) is 1. The van der Waals surface area contributed by atoms with Gasteiger partial charge in [0, 0.05) is 34.8 Å². The topological polar surface area (TPSA) is 122 Å². The van der Waals surface area contributed by atoms with Crippen molar-refractivity contribution >= 4 is 40.4 Å². The second-order valence-corrected chi connectivity index (χ2v) is 13.1. The number of carbonyl (C=O) groups excluding carboxylic acids is 1. The molecule has 226 valence electrons. The third-order valence-corrected chi connectivity index (χ3v) is 8.85. The first-order chi connectivity index (χ1) is 20.7. The van der Waals surface area contributed by atoms with E-state index < -0.39 is 16.3 Å². The fraction of sp³-hybridized carbons (Fsp3) is 0.294. The van der Waals surface area contributed by atoms with Crippen molar-refractivity contribution in [2.45, 2.75) is 60.0 Å². The molecule has 3 aromatic carbocycles. The molecule has 0 spiro atoms. The predicted molar refractivity (Wildman–Crippen MR) is 172 cm³/mol. The smallest absolute Gasteiger partial charge is 0.271 e. The number of anilines is 1. The summed E-state index contributed by atoms with van der Waals surface area (Å²) < 4.78 is 6.19. The molecule has 10 heteroatoms. The van der Waals surface area contributed by atoms with Gasteiger partial charge in [-0.3, -0.25) is 19.8 Å². The lowest BCUT2D eigenvalue weighted by molar-refractivity contribution is -0.384. The van der Waals surface area contributed by atoms with Crippen LogP contribution in [0.1, 0.15) is 60.4 Å². The SMILES string of the molecule is Cc1cc(COc2ccc(Cl)cc2C)c(C)c(C2C(C#N)=C(N)N(c3cc([N+](=O)[O-])ccc3Cl)C3=C2C(=O)CC(C)(C)C3)c1. The summed E-state index contributed by atoms with van der Waals surface area (Å²) in [5.74, 6) is -0.0537. The first-order valence-electron chi connectivity index (χ1n) is 14.1. The molecule has 1 aliphatic carbocycles. The molecule has 0 bridgehead atoms. The first kappa shape index (κ1) is 31.1. The highest BCUT2D eigenvalue weighted by Gasteiger charge is 2.45. The lowest BCUT2D eigenvalue weighted by Gasteiger charge is -2.44. The molecule has 1 atom stereocenters. The van der Waals surface area contributed by atoms with Gasteiger partial charge in [-0.1, -0.05) is 54.7 Å². The summed E-state index contributed by atoms with van der Waals surface area (Å²) in [6.45, 7) is 10.1. The fourth-order valence-electron chi connectivity index (χ4n) is 6.22. The summed E-state index contributed by atoms with van der Waals surface area (Å²) in [4.78, 5) is 26.8. The maximum absolute atomic E-state index is 14.1. The van der Waals surface area contributed by atoms with Crippen molar-refractivity contribution in [1.29, 1.82) is 5.26 Å². The maximum atomic E-state index is 14.1. The van der Waals surface area contributed by atoms with Gasteiger partial charge in [0.1, 0.15) is 18.2 Å². The van der Waals surface area contributed by atoms with Gasteiger partial charge in [-0.25, -0.2) is 0 Å². The van der Waals surface area contributed by atoms with E-state index in [4.69, 9.17) is 33.7 Å². The van der Waals surface area contributed by atoms with Crippen LogP contribution in [0, 0.1) is 47.6 Å².